The number of amides is 2. The maximum absolute atomic E-state index is 13.2. The molecular formula is C23H20N6O3. The second kappa shape index (κ2) is 8.81. The molecule has 0 saturated heterocycles. The van der Waals surface area contributed by atoms with Crippen molar-refractivity contribution < 1.29 is 14.4 Å². The number of hydrogen-bond acceptors (Lipinski definition) is 6. The standard InChI is InChI=1S/C23H20N6O3/c24-11-16-7-6-15(12-26-16)20-18(13-29(28-20)17-8-9-17)23(32)27-19(21(30)22(25)31)10-14-4-2-1-3-5-14/h1-7,12-13,17,19H,8-10H2,(H2,25,31)(H,27,32). The van der Waals surface area contributed by atoms with Gasteiger partial charge < -0.3 is 11.1 Å². The summed E-state index contributed by atoms with van der Waals surface area (Å²) in [4.78, 5) is 41.2. The number of aromatic nitrogens is 3. The van der Waals surface area contributed by atoms with Gasteiger partial charge in [-0.1, -0.05) is 30.3 Å². The first-order chi connectivity index (χ1) is 15.5. The number of nitrogens with one attached hydrogen (secondary N) is 1. The predicted molar refractivity (Wildman–Crippen MR) is 114 cm³/mol. The highest BCUT2D eigenvalue weighted by atomic mass is 16.2. The number of ketones is 1. The molecule has 3 aromatic rings. The van der Waals surface area contributed by atoms with Crippen LogP contribution >= 0.6 is 0 Å². The third-order valence-electron chi connectivity index (χ3n) is 5.20. The molecule has 1 unspecified atom stereocenters. The van der Waals surface area contributed by atoms with Crippen LogP contribution in [0.15, 0.2) is 54.9 Å². The molecule has 1 aromatic carbocycles. The summed E-state index contributed by atoms with van der Waals surface area (Å²) in [6, 6.07) is 13.3. The van der Waals surface area contributed by atoms with Crippen molar-refractivity contribution in [3.8, 4) is 17.3 Å². The third kappa shape index (κ3) is 4.54. The first-order valence-electron chi connectivity index (χ1n) is 10.1. The fourth-order valence-corrected chi connectivity index (χ4v) is 3.36. The van der Waals surface area contributed by atoms with Crippen LogP contribution in [0.25, 0.3) is 11.3 Å². The van der Waals surface area contributed by atoms with Crippen molar-refractivity contribution in [2.45, 2.75) is 31.3 Å². The van der Waals surface area contributed by atoms with Crippen molar-refractivity contribution in [3.63, 3.8) is 0 Å². The average molecular weight is 428 g/mol. The molecule has 1 fully saturated rings. The largest absolute Gasteiger partial charge is 0.363 e. The van der Waals surface area contributed by atoms with E-state index in [0.29, 0.717) is 11.3 Å². The van der Waals surface area contributed by atoms with E-state index in [1.54, 1.807) is 47.3 Å². The van der Waals surface area contributed by atoms with Gasteiger partial charge in [0.15, 0.2) is 0 Å². The van der Waals surface area contributed by atoms with Crippen molar-refractivity contribution in [1.82, 2.24) is 20.1 Å². The molecule has 4 rings (SSSR count). The second-order valence-electron chi connectivity index (χ2n) is 7.59. The number of hydrogen-bond donors (Lipinski definition) is 2. The van der Waals surface area contributed by atoms with E-state index in [-0.39, 0.29) is 23.7 Å². The van der Waals surface area contributed by atoms with Crippen LogP contribution in [-0.2, 0) is 16.0 Å². The first kappa shape index (κ1) is 20.9. The molecule has 1 atom stereocenters. The zero-order valence-electron chi connectivity index (χ0n) is 17.1. The number of nitrogens with zero attached hydrogens (tertiary/aromatic N) is 4. The van der Waals surface area contributed by atoms with Crippen molar-refractivity contribution in [2.75, 3.05) is 0 Å². The number of carbonyl (C=O) groups is 3. The summed E-state index contributed by atoms with van der Waals surface area (Å²) < 4.78 is 1.73. The lowest BCUT2D eigenvalue weighted by atomic mass is 10.0. The maximum Gasteiger partial charge on any atom is 0.287 e. The minimum atomic E-state index is -1.11. The molecule has 0 bridgehead atoms. The fraction of sp³-hybridized carbons (Fsp3) is 0.217. The van der Waals surface area contributed by atoms with E-state index < -0.39 is 23.6 Å². The molecule has 0 aliphatic heterocycles. The van der Waals surface area contributed by atoms with E-state index in [0.717, 1.165) is 18.4 Å². The summed E-state index contributed by atoms with van der Waals surface area (Å²) in [5.41, 5.74) is 7.44. The van der Waals surface area contributed by atoms with Crippen LogP contribution in [0.2, 0.25) is 0 Å². The van der Waals surface area contributed by atoms with Gasteiger partial charge in [-0.25, -0.2) is 4.98 Å². The Morgan fingerprint density at radius 3 is 2.53 bits per heavy atom. The number of rotatable bonds is 8. The molecule has 2 aromatic heterocycles. The number of nitriles is 1. The Bertz CT molecular complexity index is 1210. The zero-order valence-corrected chi connectivity index (χ0v) is 17.1. The first-order valence-corrected chi connectivity index (χ1v) is 10.1. The topological polar surface area (TPSA) is 144 Å². The molecule has 2 heterocycles. The maximum atomic E-state index is 13.2. The van der Waals surface area contributed by atoms with Gasteiger partial charge in [0.1, 0.15) is 23.5 Å². The van der Waals surface area contributed by atoms with Gasteiger partial charge in [-0.15, -0.1) is 0 Å². The molecule has 2 amide bonds. The van der Waals surface area contributed by atoms with E-state index in [9.17, 15) is 14.4 Å². The highest BCUT2D eigenvalue weighted by Crippen LogP contribution is 2.36. The fourth-order valence-electron chi connectivity index (χ4n) is 3.36. The van der Waals surface area contributed by atoms with Crippen molar-refractivity contribution >= 4 is 17.6 Å². The van der Waals surface area contributed by atoms with Gasteiger partial charge in [-0.05, 0) is 30.5 Å². The van der Waals surface area contributed by atoms with Gasteiger partial charge in [0, 0.05) is 24.4 Å². The smallest absolute Gasteiger partial charge is 0.287 e. The third-order valence-corrected chi connectivity index (χ3v) is 5.20. The molecule has 32 heavy (non-hydrogen) atoms. The Morgan fingerprint density at radius 2 is 1.94 bits per heavy atom. The Hall–Kier alpha value is -4.32. The molecule has 1 aliphatic rings. The summed E-state index contributed by atoms with van der Waals surface area (Å²) in [5.74, 6) is -2.54. The molecular weight excluding hydrogens is 408 g/mol. The van der Waals surface area contributed by atoms with Crippen molar-refractivity contribution in [2.24, 2.45) is 5.73 Å². The summed E-state index contributed by atoms with van der Waals surface area (Å²) in [7, 11) is 0. The van der Waals surface area contributed by atoms with Crippen LogP contribution in [0.3, 0.4) is 0 Å². The van der Waals surface area contributed by atoms with Crippen molar-refractivity contribution in [1.29, 1.82) is 5.26 Å². The summed E-state index contributed by atoms with van der Waals surface area (Å²) in [6.07, 6.45) is 5.16. The van der Waals surface area contributed by atoms with Gasteiger partial charge >= 0.3 is 0 Å². The van der Waals surface area contributed by atoms with Crippen LogP contribution in [0.1, 0.15) is 40.5 Å². The van der Waals surface area contributed by atoms with E-state index in [1.165, 1.54) is 6.20 Å². The number of Topliss-reactive ketones (excluding diaryl/α,β-unsaturated/α-hetero) is 1. The molecule has 3 N–H and O–H groups in total. The Labute approximate surface area is 183 Å². The summed E-state index contributed by atoms with van der Waals surface area (Å²) in [5, 5.41) is 16.2. The summed E-state index contributed by atoms with van der Waals surface area (Å²) in [6.45, 7) is 0. The van der Waals surface area contributed by atoms with Crippen LogP contribution in [0, 0.1) is 11.3 Å². The van der Waals surface area contributed by atoms with Crippen LogP contribution in [0.4, 0.5) is 0 Å². The zero-order chi connectivity index (χ0) is 22.7. The Morgan fingerprint density at radius 1 is 1.19 bits per heavy atom. The van der Waals surface area contributed by atoms with Gasteiger partial charge in [0.25, 0.3) is 11.8 Å². The highest BCUT2D eigenvalue weighted by molar-refractivity contribution is 6.38. The van der Waals surface area contributed by atoms with E-state index in [1.807, 2.05) is 12.1 Å². The number of benzene rings is 1. The molecule has 1 saturated carbocycles. The van der Waals surface area contributed by atoms with E-state index >= 15 is 0 Å². The Kier molecular flexibility index (Phi) is 5.77. The normalized spacial score (nSPS) is 13.7. The monoisotopic (exact) mass is 428 g/mol. The SMILES string of the molecule is N#Cc1ccc(-c2nn(C3CC3)cc2C(=O)NC(Cc2ccccc2)C(=O)C(N)=O)cn1. The van der Waals surface area contributed by atoms with Crippen LogP contribution in [0.5, 0.6) is 0 Å². The predicted octanol–water partition coefficient (Wildman–Crippen LogP) is 1.55. The summed E-state index contributed by atoms with van der Waals surface area (Å²) >= 11 is 0. The highest BCUT2D eigenvalue weighted by Gasteiger charge is 2.30. The van der Waals surface area contributed by atoms with Crippen LogP contribution < -0.4 is 11.1 Å². The van der Waals surface area contributed by atoms with Gasteiger partial charge in [-0.2, -0.15) is 10.4 Å². The minimum Gasteiger partial charge on any atom is -0.363 e. The van der Waals surface area contributed by atoms with Gasteiger partial charge in [-0.3, -0.25) is 19.1 Å². The lowest BCUT2D eigenvalue weighted by molar-refractivity contribution is -0.137. The van der Waals surface area contributed by atoms with Crippen LogP contribution in [-0.4, -0.2) is 38.4 Å². The second-order valence-corrected chi connectivity index (χ2v) is 7.59. The Balaban J connectivity index is 1.65. The number of primary amides is 1. The lowest BCUT2D eigenvalue weighted by Crippen LogP contribution is -2.47. The minimum absolute atomic E-state index is 0.124. The number of pyridine rings is 1. The van der Waals surface area contributed by atoms with Gasteiger partial charge in [0.2, 0.25) is 5.78 Å². The molecule has 160 valence electrons. The molecule has 1 aliphatic carbocycles. The molecule has 0 spiro atoms. The van der Waals surface area contributed by atoms with E-state index in [2.05, 4.69) is 15.4 Å². The van der Waals surface area contributed by atoms with Gasteiger partial charge in [0.05, 0.1) is 11.6 Å². The molecule has 0 radical (unpaired) electrons. The molecule has 9 nitrogen and oxygen atoms in total. The quantitative estimate of drug-likeness (QED) is 0.521. The number of carbonyl (C=O) groups excluding carboxylic acids is 3. The van der Waals surface area contributed by atoms with Crippen molar-refractivity contribution in [3.05, 3.63) is 71.7 Å². The lowest BCUT2D eigenvalue weighted by Gasteiger charge is -2.16. The molecule has 9 heteroatoms. The average Bonchev–Trinajstić information content (AvgIpc) is 3.57. The number of nitrogens with two attached hydrogens (primary N) is 1. The van der Waals surface area contributed by atoms with E-state index in [4.69, 9.17) is 11.0 Å².